The minimum absolute atomic E-state index is 0.437. The number of nitrogens with one attached hydrogen (secondary N) is 1. The lowest BCUT2D eigenvalue weighted by molar-refractivity contribution is -0.105. The van der Waals surface area contributed by atoms with Crippen molar-refractivity contribution in [2.24, 2.45) is 0 Å². The Labute approximate surface area is 125 Å². The Morgan fingerprint density at radius 1 is 1.19 bits per heavy atom. The van der Waals surface area contributed by atoms with Gasteiger partial charge in [-0.2, -0.15) is 13.2 Å². The zero-order valence-electron chi connectivity index (χ0n) is 11.3. The molecule has 2 rings (SSSR count). The Hall–Kier alpha value is -1.76. The summed E-state index contributed by atoms with van der Waals surface area (Å²) in [6.45, 7) is 2.23. The molecule has 1 aromatic heterocycles. The van der Waals surface area contributed by atoms with Crippen LogP contribution in [-0.2, 0) is 6.54 Å². The van der Waals surface area contributed by atoms with Crippen LogP contribution in [0.15, 0.2) is 41.4 Å². The molecule has 0 saturated heterocycles. The van der Waals surface area contributed by atoms with Crippen molar-refractivity contribution in [3.63, 3.8) is 0 Å². The van der Waals surface area contributed by atoms with E-state index in [9.17, 15) is 13.2 Å². The van der Waals surface area contributed by atoms with Crippen LogP contribution in [0.1, 0.15) is 11.5 Å². The van der Waals surface area contributed by atoms with E-state index in [-0.39, 0.29) is 0 Å². The number of hydrogen-bond donors (Lipinski definition) is 1. The van der Waals surface area contributed by atoms with Gasteiger partial charge in [0, 0.05) is 16.8 Å². The van der Waals surface area contributed by atoms with Crippen molar-refractivity contribution in [3.8, 4) is 0 Å². The van der Waals surface area contributed by atoms with Gasteiger partial charge >= 0.3 is 6.18 Å². The molecule has 2 aromatic rings. The molecule has 7 heteroatoms. The van der Waals surface area contributed by atoms with Crippen LogP contribution in [0.5, 0.6) is 0 Å². The van der Waals surface area contributed by atoms with E-state index >= 15 is 0 Å². The third-order valence-corrected chi connectivity index (χ3v) is 3.71. The van der Waals surface area contributed by atoms with Gasteiger partial charge in [-0.1, -0.05) is 12.1 Å². The predicted molar refractivity (Wildman–Crippen MR) is 77.3 cm³/mol. The monoisotopic (exact) mass is 313 g/mol. The number of aromatic nitrogens is 2. The van der Waals surface area contributed by atoms with Gasteiger partial charge in [0.2, 0.25) is 0 Å². The lowest BCUT2D eigenvalue weighted by atomic mass is 10.3. The number of aryl methyl sites for hydroxylation is 1. The standard InChI is InChI=1S/C14H14F3N3S/c1-10-18-7-6-11(20-10)8-19-12-4-2-3-5-13(12)21-9-14(15,16)17/h2-7,19H,8-9H2,1H3. The molecule has 1 N–H and O–H groups in total. The van der Waals surface area contributed by atoms with Gasteiger partial charge in [-0.05, 0) is 25.1 Å². The highest BCUT2D eigenvalue weighted by Crippen LogP contribution is 2.32. The van der Waals surface area contributed by atoms with Crippen molar-refractivity contribution >= 4 is 17.4 Å². The highest BCUT2D eigenvalue weighted by Gasteiger charge is 2.27. The Morgan fingerprint density at radius 3 is 2.67 bits per heavy atom. The fourth-order valence-electron chi connectivity index (χ4n) is 1.69. The third-order valence-electron chi connectivity index (χ3n) is 2.57. The Kier molecular flexibility index (Phi) is 5.06. The SMILES string of the molecule is Cc1nccc(CNc2ccccc2SCC(F)(F)F)n1. The number of hydrogen-bond acceptors (Lipinski definition) is 4. The molecule has 0 saturated carbocycles. The van der Waals surface area contributed by atoms with Crippen molar-refractivity contribution in [3.05, 3.63) is 48.0 Å². The van der Waals surface area contributed by atoms with E-state index < -0.39 is 11.9 Å². The molecular weight excluding hydrogens is 299 g/mol. The van der Waals surface area contributed by atoms with Crippen LogP contribution < -0.4 is 5.32 Å². The minimum Gasteiger partial charge on any atom is -0.378 e. The van der Waals surface area contributed by atoms with Gasteiger partial charge in [0.1, 0.15) is 5.82 Å². The van der Waals surface area contributed by atoms with Crippen molar-refractivity contribution in [2.75, 3.05) is 11.1 Å². The molecule has 0 bridgehead atoms. The van der Waals surface area contributed by atoms with Gasteiger partial charge < -0.3 is 5.32 Å². The number of halogens is 3. The molecular formula is C14H14F3N3S. The Balaban J connectivity index is 2.03. The molecule has 0 radical (unpaired) electrons. The maximum Gasteiger partial charge on any atom is 0.398 e. The predicted octanol–water partition coefficient (Wildman–Crippen LogP) is 4.05. The van der Waals surface area contributed by atoms with E-state index in [1.807, 2.05) is 0 Å². The molecule has 0 fully saturated rings. The topological polar surface area (TPSA) is 37.8 Å². The largest absolute Gasteiger partial charge is 0.398 e. The smallest absolute Gasteiger partial charge is 0.378 e. The number of para-hydroxylation sites is 1. The average Bonchev–Trinajstić information content (AvgIpc) is 2.43. The second kappa shape index (κ2) is 6.80. The number of anilines is 1. The van der Waals surface area contributed by atoms with E-state index in [4.69, 9.17) is 0 Å². The fraction of sp³-hybridized carbons (Fsp3) is 0.286. The van der Waals surface area contributed by atoms with Gasteiger partial charge in [-0.3, -0.25) is 0 Å². The van der Waals surface area contributed by atoms with Crippen LogP contribution in [0.25, 0.3) is 0 Å². The fourth-order valence-corrected chi connectivity index (χ4v) is 2.48. The molecule has 21 heavy (non-hydrogen) atoms. The third kappa shape index (κ3) is 5.26. The summed E-state index contributed by atoms with van der Waals surface area (Å²) in [5.74, 6) is -0.243. The van der Waals surface area contributed by atoms with Crippen LogP contribution in [0.2, 0.25) is 0 Å². The first-order valence-electron chi connectivity index (χ1n) is 6.25. The highest BCUT2D eigenvalue weighted by atomic mass is 32.2. The lowest BCUT2D eigenvalue weighted by Gasteiger charge is -2.12. The zero-order valence-corrected chi connectivity index (χ0v) is 12.1. The molecule has 0 aliphatic carbocycles. The Morgan fingerprint density at radius 2 is 1.95 bits per heavy atom. The van der Waals surface area contributed by atoms with E-state index in [0.29, 0.717) is 23.0 Å². The summed E-state index contributed by atoms with van der Waals surface area (Å²) in [5.41, 5.74) is 1.46. The molecule has 112 valence electrons. The average molecular weight is 313 g/mol. The van der Waals surface area contributed by atoms with Crippen LogP contribution in [-0.4, -0.2) is 21.9 Å². The van der Waals surface area contributed by atoms with Crippen LogP contribution >= 0.6 is 11.8 Å². The van der Waals surface area contributed by atoms with E-state index in [2.05, 4.69) is 15.3 Å². The summed E-state index contributed by atoms with van der Waals surface area (Å²) in [7, 11) is 0. The summed E-state index contributed by atoms with van der Waals surface area (Å²) >= 11 is 0.772. The van der Waals surface area contributed by atoms with Gasteiger partial charge in [0.25, 0.3) is 0 Å². The molecule has 0 aliphatic heterocycles. The molecule has 0 atom stereocenters. The molecule has 1 heterocycles. The normalized spacial score (nSPS) is 11.4. The summed E-state index contributed by atoms with van der Waals surface area (Å²) in [5, 5.41) is 3.11. The molecule has 0 aliphatic rings. The number of thioether (sulfide) groups is 1. The van der Waals surface area contributed by atoms with Crippen molar-refractivity contribution in [2.45, 2.75) is 24.5 Å². The van der Waals surface area contributed by atoms with Gasteiger partial charge in [-0.25, -0.2) is 9.97 Å². The van der Waals surface area contributed by atoms with Crippen LogP contribution in [0.3, 0.4) is 0 Å². The number of alkyl halides is 3. The van der Waals surface area contributed by atoms with Crippen molar-refractivity contribution in [1.82, 2.24) is 9.97 Å². The number of rotatable bonds is 5. The summed E-state index contributed by atoms with van der Waals surface area (Å²) in [6, 6.07) is 8.70. The lowest BCUT2D eigenvalue weighted by Crippen LogP contribution is -2.11. The highest BCUT2D eigenvalue weighted by molar-refractivity contribution is 7.99. The number of benzene rings is 1. The van der Waals surface area contributed by atoms with Gasteiger partial charge in [0.05, 0.1) is 18.0 Å². The maximum absolute atomic E-state index is 12.3. The maximum atomic E-state index is 12.3. The van der Waals surface area contributed by atoms with E-state index in [1.165, 1.54) is 0 Å². The van der Waals surface area contributed by atoms with Crippen LogP contribution in [0.4, 0.5) is 18.9 Å². The second-order valence-electron chi connectivity index (χ2n) is 4.35. The molecule has 0 amide bonds. The first-order valence-corrected chi connectivity index (χ1v) is 7.23. The van der Waals surface area contributed by atoms with Crippen molar-refractivity contribution < 1.29 is 13.2 Å². The molecule has 0 spiro atoms. The number of nitrogens with zero attached hydrogens (tertiary/aromatic N) is 2. The van der Waals surface area contributed by atoms with Crippen LogP contribution in [0, 0.1) is 6.92 Å². The molecule has 3 nitrogen and oxygen atoms in total. The van der Waals surface area contributed by atoms with Gasteiger partial charge in [0.15, 0.2) is 0 Å². The first kappa shape index (κ1) is 15.6. The molecule has 1 aromatic carbocycles. The first-order chi connectivity index (χ1) is 9.94. The second-order valence-corrected chi connectivity index (χ2v) is 5.37. The minimum atomic E-state index is -4.18. The van der Waals surface area contributed by atoms with E-state index in [1.54, 1.807) is 43.5 Å². The van der Waals surface area contributed by atoms with Gasteiger partial charge in [-0.15, -0.1) is 11.8 Å². The van der Waals surface area contributed by atoms with Crippen molar-refractivity contribution in [1.29, 1.82) is 0 Å². The summed E-state index contributed by atoms with van der Waals surface area (Å²) in [4.78, 5) is 8.81. The Bertz CT molecular complexity index is 602. The zero-order chi connectivity index (χ0) is 15.3. The van der Waals surface area contributed by atoms with E-state index in [0.717, 1.165) is 17.5 Å². The molecule has 0 unspecified atom stereocenters. The quantitative estimate of drug-likeness (QED) is 0.845. The summed E-state index contributed by atoms with van der Waals surface area (Å²) in [6.07, 6.45) is -2.52. The summed E-state index contributed by atoms with van der Waals surface area (Å²) < 4.78 is 36.9.